The van der Waals surface area contributed by atoms with Crippen molar-refractivity contribution in [3.05, 3.63) is 71.7 Å². The van der Waals surface area contributed by atoms with Gasteiger partial charge in [-0.05, 0) is 67.8 Å². The minimum atomic E-state index is -0.229. The molecule has 4 rings (SSSR count). The highest BCUT2D eigenvalue weighted by Crippen LogP contribution is 2.35. The van der Waals surface area contributed by atoms with Crippen LogP contribution in [0.5, 0.6) is 5.75 Å². The molecule has 0 saturated carbocycles. The Morgan fingerprint density at radius 2 is 1.93 bits per heavy atom. The number of H-pyrrole nitrogens is 1. The number of aliphatic hydroxyl groups is 1. The fourth-order valence-electron chi connectivity index (χ4n) is 4.49. The molecule has 0 spiro atoms. The fourth-order valence-corrected chi connectivity index (χ4v) is 4.49. The Morgan fingerprint density at radius 3 is 2.63 bits per heavy atom. The van der Waals surface area contributed by atoms with Gasteiger partial charge in [0.15, 0.2) is 0 Å². The van der Waals surface area contributed by atoms with E-state index in [0.29, 0.717) is 0 Å². The Hall–Kier alpha value is -2.70. The molecule has 1 atom stereocenters. The van der Waals surface area contributed by atoms with E-state index in [9.17, 15) is 9.50 Å². The summed E-state index contributed by atoms with van der Waals surface area (Å²) in [5, 5.41) is 17.7. The molecule has 158 valence electrons. The number of ether oxygens (including phenoxy) is 1. The van der Waals surface area contributed by atoms with Gasteiger partial charge in [0.1, 0.15) is 11.6 Å². The van der Waals surface area contributed by atoms with Crippen LogP contribution in [-0.2, 0) is 13.0 Å². The van der Waals surface area contributed by atoms with E-state index in [1.54, 1.807) is 7.11 Å². The molecule has 5 nitrogen and oxygen atoms in total. The SMILES string of the molecule is COc1ccc(-c2[nH]ncc2CN2CCCC(CO)(Cc3ccc(F)cc3)C2)cc1. The Kier molecular flexibility index (Phi) is 6.16. The molecule has 0 amide bonds. The summed E-state index contributed by atoms with van der Waals surface area (Å²) in [7, 11) is 1.66. The van der Waals surface area contributed by atoms with Crippen LogP contribution in [-0.4, -0.2) is 47.0 Å². The quantitative estimate of drug-likeness (QED) is 0.618. The van der Waals surface area contributed by atoms with Gasteiger partial charge in [0, 0.05) is 29.6 Å². The average Bonchev–Trinajstić information content (AvgIpc) is 3.24. The standard InChI is InChI=1S/C24H28FN3O2/c1-30-22-9-5-19(6-10-22)23-20(14-26-27-23)15-28-12-2-11-24(16-28,17-29)13-18-3-7-21(25)8-4-18/h3-10,14,29H,2,11-13,15-17H2,1H3,(H,26,27). The van der Waals surface area contributed by atoms with Gasteiger partial charge in [-0.25, -0.2) is 4.39 Å². The summed E-state index contributed by atoms with van der Waals surface area (Å²) in [5.41, 5.74) is 4.07. The monoisotopic (exact) mass is 409 g/mol. The van der Waals surface area contributed by atoms with Gasteiger partial charge >= 0.3 is 0 Å². The molecule has 1 unspecified atom stereocenters. The van der Waals surface area contributed by atoms with E-state index in [-0.39, 0.29) is 17.8 Å². The highest BCUT2D eigenvalue weighted by Gasteiger charge is 2.35. The topological polar surface area (TPSA) is 61.4 Å². The number of aromatic nitrogens is 2. The zero-order valence-corrected chi connectivity index (χ0v) is 17.3. The summed E-state index contributed by atoms with van der Waals surface area (Å²) >= 11 is 0. The van der Waals surface area contributed by atoms with Crippen molar-refractivity contribution < 1.29 is 14.2 Å². The number of halogens is 1. The van der Waals surface area contributed by atoms with Crippen molar-refractivity contribution in [2.75, 3.05) is 26.8 Å². The number of hydrogen-bond donors (Lipinski definition) is 2. The zero-order chi connectivity index (χ0) is 21.0. The second-order valence-corrected chi connectivity index (χ2v) is 8.27. The summed E-state index contributed by atoms with van der Waals surface area (Å²) in [6, 6.07) is 14.6. The summed E-state index contributed by atoms with van der Waals surface area (Å²) in [4.78, 5) is 2.39. The minimum Gasteiger partial charge on any atom is -0.497 e. The number of likely N-dealkylation sites (tertiary alicyclic amines) is 1. The number of rotatable bonds is 7. The van der Waals surface area contributed by atoms with Gasteiger partial charge in [0.2, 0.25) is 0 Å². The fraction of sp³-hybridized carbons (Fsp3) is 0.375. The number of aromatic amines is 1. The summed E-state index contributed by atoms with van der Waals surface area (Å²) in [6.07, 6.45) is 4.62. The van der Waals surface area contributed by atoms with Crippen molar-refractivity contribution in [1.82, 2.24) is 15.1 Å². The van der Waals surface area contributed by atoms with Gasteiger partial charge in [-0.3, -0.25) is 10.00 Å². The van der Waals surface area contributed by atoms with E-state index in [2.05, 4.69) is 15.1 Å². The first-order valence-corrected chi connectivity index (χ1v) is 10.4. The number of nitrogens with zero attached hydrogens (tertiary/aromatic N) is 2. The second-order valence-electron chi connectivity index (χ2n) is 8.27. The molecule has 6 heteroatoms. The third-order valence-electron chi connectivity index (χ3n) is 6.06. The molecular formula is C24H28FN3O2. The average molecular weight is 410 g/mol. The van der Waals surface area contributed by atoms with Crippen LogP contribution in [0.4, 0.5) is 4.39 Å². The van der Waals surface area contributed by atoms with E-state index in [0.717, 1.165) is 67.0 Å². The first kappa shape index (κ1) is 20.6. The minimum absolute atomic E-state index is 0.123. The number of nitrogens with one attached hydrogen (secondary N) is 1. The maximum Gasteiger partial charge on any atom is 0.123 e. The molecule has 3 aromatic rings. The van der Waals surface area contributed by atoms with Crippen LogP contribution in [0.15, 0.2) is 54.7 Å². The highest BCUT2D eigenvalue weighted by molar-refractivity contribution is 5.63. The molecule has 0 radical (unpaired) electrons. The predicted molar refractivity (Wildman–Crippen MR) is 115 cm³/mol. The van der Waals surface area contributed by atoms with Crippen LogP contribution in [0, 0.1) is 11.2 Å². The van der Waals surface area contributed by atoms with Crippen LogP contribution in [0.1, 0.15) is 24.0 Å². The van der Waals surface area contributed by atoms with Crippen LogP contribution in [0.3, 0.4) is 0 Å². The molecule has 0 aliphatic carbocycles. The highest BCUT2D eigenvalue weighted by atomic mass is 19.1. The van der Waals surface area contributed by atoms with Crippen LogP contribution >= 0.6 is 0 Å². The Labute approximate surface area is 176 Å². The predicted octanol–water partition coefficient (Wildman–Crippen LogP) is 4.04. The molecule has 2 heterocycles. The number of aliphatic hydroxyl groups excluding tert-OH is 1. The zero-order valence-electron chi connectivity index (χ0n) is 17.3. The summed E-state index contributed by atoms with van der Waals surface area (Å²) in [6.45, 7) is 2.67. The van der Waals surface area contributed by atoms with Crippen molar-refractivity contribution in [3.8, 4) is 17.0 Å². The molecule has 30 heavy (non-hydrogen) atoms. The lowest BCUT2D eigenvalue weighted by molar-refractivity contribution is 0.0289. The van der Waals surface area contributed by atoms with Gasteiger partial charge in [-0.15, -0.1) is 0 Å². The molecular weight excluding hydrogens is 381 g/mol. The molecule has 1 aliphatic heterocycles. The smallest absolute Gasteiger partial charge is 0.123 e. The lowest BCUT2D eigenvalue weighted by Crippen LogP contribution is -2.46. The lowest BCUT2D eigenvalue weighted by Gasteiger charge is -2.42. The lowest BCUT2D eigenvalue weighted by atomic mass is 9.75. The number of piperidine rings is 1. The van der Waals surface area contributed by atoms with E-state index in [1.807, 2.05) is 42.6 Å². The Morgan fingerprint density at radius 1 is 1.17 bits per heavy atom. The van der Waals surface area contributed by atoms with Gasteiger partial charge in [-0.1, -0.05) is 12.1 Å². The molecule has 1 saturated heterocycles. The van der Waals surface area contributed by atoms with E-state index < -0.39 is 0 Å². The van der Waals surface area contributed by atoms with Crippen molar-refractivity contribution in [1.29, 1.82) is 0 Å². The maximum absolute atomic E-state index is 13.3. The Balaban J connectivity index is 1.48. The second kappa shape index (κ2) is 8.98. The molecule has 1 aromatic heterocycles. The first-order valence-electron chi connectivity index (χ1n) is 10.4. The van der Waals surface area contributed by atoms with E-state index >= 15 is 0 Å². The van der Waals surface area contributed by atoms with Crippen LogP contribution in [0.25, 0.3) is 11.3 Å². The molecule has 1 fully saturated rings. The van der Waals surface area contributed by atoms with Gasteiger partial charge in [0.05, 0.1) is 25.6 Å². The van der Waals surface area contributed by atoms with Gasteiger partial charge in [-0.2, -0.15) is 5.10 Å². The summed E-state index contributed by atoms with van der Waals surface area (Å²) < 4.78 is 18.5. The van der Waals surface area contributed by atoms with Crippen molar-refractivity contribution in [2.24, 2.45) is 5.41 Å². The van der Waals surface area contributed by atoms with Crippen molar-refractivity contribution in [3.63, 3.8) is 0 Å². The molecule has 1 aliphatic rings. The third kappa shape index (κ3) is 4.55. The van der Waals surface area contributed by atoms with Crippen LogP contribution < -0.4 is 4.74 Å². The number of hydrogen-bond acceptors (Lipinski definition) is 4. The number of benzene rings is 2. The van der Waals surface area contributed by atoms with Crippen molar-refractivity contribution in [2.45, 2.75) is 25.8 Å². The van der Waals surface area contributed by atoms with Crippen LogP contribution in [0.2, 0.25) is 0 Å². The van der Waals surface area contributed by atoms with E-state index in [4.69, 9.17) is 4.74 Å². The summed E-state index contributed by atoms with van der Waals surface area (Å²) in [5.74, 6) is 0.595. The third-order valence-corrected chi connectivity index (χ3v) is 6.06. The largest absolute Gasteiger partial charge is 0.497 e. The first-order chi connectivity index (χ1) is 14.6. The Bertz CT molecular complexity index is 955. The molecule has 0 bridgehead atoms. The molecule has 2 aromatic carbocycles. The number of methoxy groups -OCH3 is 1. The maximum atomic E-state index is 13.3. The van der Waals surface area contributed by atoms with Gasteiger partial charge < -0.3 is 9.84 Å². The molecule has 2 N–H and O–H groups in total. The normalized spacial score (nSPS) is 19.7. The van der Waals surface area contributed by atoms with Crippen molar-refractivity contribution >= 4 is 0 Å². The van der Waals surface area contributed by atoms with E-state index in [1.165, 1.54) is 12.1 Å². The van der Waals surface area contributed by atoms with Gasteiger partial charge in [0.25, 0.3) is 0 Å².